The highest BCUT2D eigenvalue weighted by Gasteiger charge is 2.20. The summed E-state index contributed by atoms with van der Waals surface area (Å²) < 4.78 is 12.8. The van der Waals surface area contributed by atoms with E-state index in [4.69, 9.17) is 9.47 Å². The minimum Gasteiger partial charge on any atom is -0.497 e. The lowest BCUT2D eigenvalue weighted by molar-refractivity contribution is 0.357. The number of benzene rings is 2. The van der Waals surface area contributed by atoms with Crippen LogP contribution in [-0.2, 0) is 6.42 Å². The van der Waals surface area contributed by atoms with E-state index in [1.165, 1.54) is 0 Å². The molecule has 0 unspecified atom stereocenters. The predicted molar refractivity (Wildman–Crippen MR) is 97.6 cm³/mol. The fraction of sp³-hybridized carbons (Fsp3) is 0.300. The Balaban J connectivity index is 2.08. The molecule has 0 saturated carbocycles. The summed E-state index contributed by atoms with van der Waals surface area (Å²) in [5, 5.41) is 0.964. The van der Waals surface area contributed by atoms with Crippen molar-refractivity contribution in [1.29, 1.82) is 0 Å². The normalized spacial score (nSPS) is 13.1. The smallest absolute Gasteiger partial charge is 0.348 e. The molecular weight excluding hydrogens is 316 g/mol. The molecule has 0 saturated heterocycles. The van der Waals surface area contributed by atoms with Gasteiger partial charge in [0.25, 0.3) is 0 Å². The number of methoxy groups -OCH3 is 1. The summed E-state index contributed by atoms with van der Waals surface area (Å²) in [6.07, 6.45) is 0.879. The summed E-state index contributed by atoms with van der Waals surface area (Å²) >= 11 is 0. The van der Waals surface area contributed by atoms with Gasteiger partial charge in [-0.05, 0) is 37.6 Å². The highest BCUT2D eigenvalue weighted by atomic mass is 16.5. The maximum atomic E-state index is 12.7. The molecule has 2 aromatic carbocycles. The second kappa shape index (κ2) is 5.92. The quantitative estimate of drug-likeness (QED) is 0.733. The zero-order chi connectivity index (χ0) is 17.6. The molecule has 0 N–H and O–H groups in total. The van der Waals surface area contributed by atoms with Gasteiger partial charge in [0.1, 0.15) is 11.5 Å². The van der Waals surface area contributed by atoms with Crippen molar-refractivity contribution in [1.82, 2.24) is 9.55 Å². The van der Waals surface area contributed by atoms with E-state index in [2.05, 4.69) is 11.1 Å². The molecule has 2 heterocycles. The van der Waals surface area contributed by atoms with E-state index in [0.717, 1.165) is 39.9 Å². The number of ether oxygens (including phenoxy) is 2. The molecule has 5 heteroatoms. The van der Waals surface area contributed by atoms with Crippen molar-refractivity contribution in [3.63, 3.8) is 0 Å². The van der Waals surface area contributed by atoms with E-state index in [1.54, 1.807) is 11.7 Å². The minimum atomic E-state index is -0.252. The van der Waals surface area contributed by atoms with Crippen molar-refractivity contribution >= 4 is 10.9 Å². The maximum absolute atomic E-state index is 12.7. The molecule has 128 valence electrons. The maximum Gasteiger partial charge on any atom is 0.348 e. The Morgan fingerprint density at radius 1 is 1.24 bits per heavy atom. The van der Waals surface area contributed by atoms with Crippen molar-refractivity contribution in [3.05, 3.63) is 52.4 Å². The van der Waals surface area contributed by atoms with Crippen LogP contribution in [0, 0.1) is 0 Å². The molecule has 0 spiro atoms. The molecule has 1 aromatic heterocycles. The van der Waals surface area contributed by atoms with Gasteiger partial charge >= 0.3 is 5.69 Å². The van der Waals surface area contributed by atoms with Crippen molar-refractivity contribution in [2.24, 2.45) is 0 Å². The lowest BCUT2D eigenvalue weighted by Gasteiger charge is -2.17. The van der Waals surface area contributed by atoms with E-state index in [0.29, 0.717) is 12.3 Å². The number of nitrogens with zero attached hydrogens (tertiary/aromatic N) is 2. The first-order valence-electron chi connectivity index (χ1n) is 8.45. The van der Waals surface area contributed by atoms with Crippen LogP contribution in [0.25, 0.3) is 22.2 Å². The van der Waals surface area contributed by atoms with E-state index >= 15 is 0 Å². The average molecular weight is 336 g/mol. The summed E-state index contributed by atoms with van der Waals surface area (Å²) in [5.74, 6) is 1.61. The third-order valence-corrected chi connectivity index (χ3v) is 4.60. The number of hydrogen-bond donors (Lipinski definition) is 0. The van der Waals surface area contributed by atoms with Crippen molar-refractivity contribution in [3.8, 4) is 22.8 Å². The fourth-order valence-electron chi connectivity index (χ4n) is 3.41. The fourth-order valence-corrected chi connectivity index (χ4v) is 3.41. The Bertz CT molecular complexity index is 1020. The van der Waals surface area contributed by atoms with Gasteiger partial charge in [0.2, 0.25) is 0 Å². The molecule has 3 aromatic rings. The van der Waals surface area contributed by atoms with Crippen LogP contribution < -0.4 is 15.2 Å². The van der Waals surface area contributed by atoms with Crippen molar-refractivity contribution < 1.29 is 9.47 Å². The zero-order valence-corrected chi connectivity index (χ0v) is 14.6. The molecule has 1 aliphatic heterocycles. The SMILES string of the molecule is COc1cccc(-c2nc(=O)n(C(C)C)c3cc4c(cc23)CCO4)c1. The van der Waals surface area contributed by atoms with Crippen molar-refractivity contribution in [2.45, 2.75) is 26.3 Å². The molecule has 0 aliphatic carbocycles. The van der Waals surface area contributed by atoms with Gasteiger partial charge in [0.15, 0.2) is 0 Å². The lowest BCUT2D eigenvalue weighted by Crippen LogP contribution is -2.25. The van der Waals surface area contributed by atoms with Gasteiger partial charge in [-0.25, -0.2) is 4.79 Å². The summed E-state index contributed by atoms with van der Waals surface area (Å²) in [5.41, 5.74) is 3.32. The van der Waals surface area contributed by atoms with Gasteiger partial charge in [-0.3, -0.25) is 4.57 Å². The second-order valence-electron chi connectivity index (χ2n) is 6.51. The summed E-state index contributed by atoms with van der Waals surface area (Å²) in [7, 11) is 1.63. The van der Waals surface area contributed by atoms with Crippen LogP contribution >= 0.6 is 0 Å². The monoisotopic (exact) mass is 336 g/mol. The third-order valence-electron chi connectivity index (χ3n) is 4.60. The first-order valence-corrected chi connectivity index (χ1v) is 8.45. The molecule has 4 rings (SSSR count). The second-order valence-corrected chi connectivity index (χ2v) is 6.51. The number of hydrogen-bond acceptors (Lipinski definition) is 4. The van der Waals surface area contributed by atoms with Gasteiger partial charge in [0, 0.05) is 29.5 Å². The molecule has 0 bridgehead atoms. The summed E-state index contributed by atoms with van der Waals surface area (Å²) in [6.45, 7) is 4.66. The van der Waals surface area contributed by atoms with Gasteiger partial charge in [-0.2, -0.15) is 4.98 Å². The zero-order valence-electron chi connectivity index (χ0n) is 14.6. The first-order chi connectivity index (χ1) is 12.1. The Hall–Kier alpha value is -2.82. The number of fused-ring (bicyclic) bond motifs is 2. The predicted octanol–water partition coefficient (Wildman–Crippen LogP) is 3.59. The van der Waals surface area contributed by atoms with Crippen LogP contribution in [0.15, 0.2) is 41.2 Å². The van der Waals surface area contributed by atoms with Gasteiger partial charge in [-0.15, -0.1) is 0 Å². The van der Waals surface area contributed by atoms with E-state index < -0.39 is 0 Å². The van der Waals surface area contributed by atoms with Crippen LogP contribution in [0.1, 0.15) is 25.5 Å². The van der Waals surface area contributed by atoms with Crippen LogP contribution in [0.4, 0.5) is 0 Å². The van der Waals surface area contributed by atoms with Gasteiger partial charge in [-0.1, -0.05) is 12.1 Å². The Morgan fingerprint density at radius 3 is 2.84 bits per heavy atom. The van der Waals surface area contributed by atoms with E-state index in [1.807, 2.05) is 44.2 Å². The molecule has 0 amide bonds. The summed E-state index contributed by atoms with van der Waals surface area (Å²) in [6, 6.07) is 11.7. The highest BCUT2D eigenvalue weighted by Crippen LogP contribution is 2.35. The van der Waals surface area contributed by atoms with Crippen LogP contribution in [-0.4, -0.2) is 23.3 Å². The Kier molecular flexibility index (Phi) is 3.71. The molecule has 0 fully saturated rings. The average Bonchev–Trinajstić information content (AvgIpc) is 3.06. The Labute approximate surface area is 145 Å². The van der Waals surface area contributed by atoms with Crippen LogP contribution in [0.2, 0.25) is 0 Å². The molecular formula is C20H20N2O3. The molecule has 5 nitrogen and oxygen atoms in total. The van der Waals surface area contributed by atoms with Gasteiger partial charge < -0.3 is 9.47 Å². The standard InChI is InChI=1S/C20H20N2O3/c1-12(2)22-17-11-18-13(7-8-25-18)10-16(17)19(21-20(22)23)14-5-4-6-15(9-14)24-3/h4-6,9-12H,7-8H2,1-3H3. The third kappa shape index (κ3) is 2.56. The molecule has 1 aliphatic rings. The molecule has 0 radical (unpaired) electrons. The van der Waals surface area contributed by atoms with Crippen LogP contribution in [0.5, 0.6) is 11.5 Å². The topological polar surface area (TPSA) is 53.3 Å². The largest absolute Gasteiger partial charge is 0.497 e. The highest BCUT2D eigenvalue weighted by molar-refractivity contribution is 5.94. The minimum absolute atomic E-state index is 0.0151. The van der Waals surface area contributed by atoms with Gasteiger partial charge in [0.05, 0.1) is 24.9 Å². The summed E-state index contributed by atoms with van der Waals surface area (Å²) in [4.78, 5) is 17.1. The Morgan fingerprint density at radius 2 is 2.08 bits per heavy atom. The first kappa shape index (κ1) is 15.7. The van der Waals surface area contributed by atoms with Crippen LogP contribution in [0.3, 0.4) is 0 Å². The van der Waals surface area contributed by atoms with Crippen molar-refractivity contribution in [2.75, 3.05) is 13.7 Å². The molecule has 25 heavy (non-hydrogen) atoms. The molecule has 0 atom stereocenters. The number of rotatable bonds is 3. The lowest BCUT2D eigenvalue weighted by atomic mass is 10.0. The number of aromatic nitrogens is 2. The van der Waals surface area contributed by atoms with E-state index in [-0.39, 0.29) is 11.7 Å². The van der Waals surface area contributed by atoms with E-state index in [9.17, 15) is 4.79 Å².